The lowest BCUT2D eigenvalue weighted by molar-refractivity contribution is -0.114. The number of amides is 1. The lowest BCUT2D eigenvalue weighted by Gasteiger charge is -2.23. The number of benzene rings is 1. The summed E-state index contributed by atoms with van der Waals surface area (Å²) in [7, 11) is 0. The molecule has 34 heavy (non-hydrogen) atoms. The van der Waals surface area contributed by atoms with Gasteiger partial charge < -0.3 is 10.6 Å². The number of anilines is 2. The lowest BCUT2D eigenvalue weighted by Crippen LogP contribution is -2.41. The topological polar surface area (TPSA) is 119 Å². The Morgan fingerprint density at radius 3 is 2.50 bits per heavy atom. The second-order valence-electron chi connectivity index (χ2n) is 8.15. The van der Waals surface area contributed by atoms with Gasteiger partial charge in [0.05, 0.1) is 11.4 Å². The van der Waals surface area contributed by atoms with Crippen LogP contribution in [0.3, 0.4) is 0 Å². The van der Waals surface area contributed by atoms with Crippen molar-refractivity contribution in [1.29, 1.82) is 0 Å². The number of nitrogens with one attached hydrogen (secondary N) is 1. The van der Waals surface area contributed by atoms with Crippen molar-refractivity contribution in [2.24, 2.45) is 0 Å². The van der Waals surface area contributed by atoms with E-state index in [-0.39, 0.29) is 18.1 Å². The van der Waals surface area contributed by atoms with Gasteiger partial charge in [-0.2, -0.15) is 5.10 Å². The smallest absolute Gasteiger partial charge is 0.330 e. The molecule has 3 aromatic rings. The molecule has 0 aliphatic heterocycles. The third kappa shape index (κ3) is 5.03. The second-order valence-corrected chi connectivity index (χ2v) is 8.15. The van der Waals surface area contributed by atoms with Crippen LogP contribution in [0.4, 0.5) is 11.5 Å². The Labute approximate surface area is 198 Å². The van der Waals surface area contributed by atoms with E-state index in [2.05, 4.69) is 10.1 Å². The van der Waals surface area contributed by atoms with Gasteiger partial charge in [-0.05, 0) is 44.9 Å². The van der Waals surface area contributed by atoms with Crippen LogP contribution >= 0.6 is 0 Å². The fourth-order valence-electron chi connectivity index (χ4n) is 3.89. The summed E-state index contributed by atoms with van der Waals surface area (Å²) < 4.78 is 3.15. The van der Waals surface area contributed by atoms with E-state index < -0.39 is 17.2 Å². The standard InChI is InChI=1S/C25H32N6O3/c1-5-7-16-30-23(26)22(24(33)27-25(30)34)29(15-6-2)21(32)14-13-20-17(3)28-31(18(20)4)19-11-9-8-10-12-19/h8-14H,5-7,15-16,26H2,1-4H3,(H,27,33,34)/b14-13+. The molecule has 0 atom stereocenters. The molecular formula is C25H32N6O3. The Kier molecular flexibility index (Phi) is 7.88. The number of hydrogen-bond donors (Lipinski definition) is 2. The van der Waals surface area contributed by atoms with Gasteiger partial charge in [-0.1, -0.05) is 38.5 Å². The zero-order valence-corrected chi connectivity index (χ0v) is 20.2. The zero-order valence-electron chi connectivity index (χ0n) is 20.2. The molecule has 0 unspecified atom stereocenters. The van der Waals surface area contributed by atoms with Crippen molar-refractivity contribution in [3.8, 4) is 5.69 Å². The van der Waals surface area contributed by atoms with Crippen molar-refractivity contribution >= 4 is 23.5 Å². The van der Waals surface area contributed by atoms with Crippen LogP contribution in [0.15, 0.2) is 46.0 Å². The summed E-state index contributed by atoms with van der Waals surface area (Å²) in [5.74, 6) is -0.396. The summed E-state index contributed by atoms with van der Waals surface area (Å²) in [5, 5.41) is 4.60. The molecule has 2 heterocycles. The predicted octanol–water partition coefficient (Wildman–Crippen LogP) is 3.18. The molecule has 0 spiro atoms. The third-order valence-electron chi connectivity index (χ3n) is 5.67. The van der Waals surface area contributed by atoms with Crippen LogP contribution in [0.5, 0.6) is 0 Å². The molecule has 9 nitrogen and oxygen atoms in total. The van der Waals surface area contributed by atoms with E-state index in [9.17, 15) is 14.4 Å². The normalized spacial score (nSPS) is 11.3. The van der Waals surface area contributed by atoms with E-state index in [0.717, 1.165) is 35.5 Å². The van der Waals surface area contributed by atoms with Gasteiger partial charge in [-0.3, -0.25) is 19.1 Å². The Hall–Kier alpha value is -3.88. The first kappa shape index (κ1) is 24.8. The van der Waals surface area contributed by atoms with Crippen LogP contribution in [-0.2, 0) is 11.3 Å². The third-order valence-corrected chi connectivity index (χ3v) is 5.67. The van der Waals surface area contributed by atoms with Crippen molar-refractivity contribution in [3.05, 3.63) is 74.2 Å². The number of nitrogens with zero attached hydrogens (tertiary/aromatic N) is 4. The SMILES string of the molecule is CCCCn1c(N)c(N(CCC)C(=O)/C=C/c2c(C)nn(-c3ccccc3)c2C)c(=O)[nH]c1=O. The second kappa shape index (κ2) is 10.8. The number of aryl methyl sites for hydroxylation is 1. The van der Waals surface area contributed by atoms with Gasteiger partial charge >= 0.3 is 5.69 Å². The molecule has 0 radical (unpaired) electrons. The number of para-hydroxylation sites is 1. The minimum absolute atomic E-state index is 0.000581. The summed E-state index contributed by atoms with van der Waals surface area (Å²) in [4.78, 5) is 41.8. The molecule has 1 aromatic carbocycles. The molecule has 3 N–H and O–H groups in total. The van der Waals surface area contributed by atoms with E-state index >= 15 is 0 Å². The first-order valence-electron chi connectivity index (χ1n) is 11.5. The Morgan fingerprint density at radius 2 is 1.85 bits per heavy atom. The highest BCUT2D eigenvalue weighted by Gasteiger charge is 2.22. The fraction of sp³-hybridized carbons (Fsp3) is 0.360. The number of aromatic amines is 1. The van der Waals surface area contributed by atoms with Crippen LogP contribution in [0.2, 0.25) is 0 Å². The van der Waals surface area contributed by atoms with Crippen molar-refractivity contribution in [2.45, 2.75) is 53.5 Å². The van der Waals surface area contributed by atoms with Crippen LogP contribution in [0.25, 0.3) is 11.8 Å². The maximum Gasteiger partial charge on any atom is 0.330 e. The fourth-order valence-corrected chi connectivity index (χ4v) is 3.89. The van der Waals surface area contributed by atoms with Crippen molar-refractivity contribution in [1.82, 2.24) is 19.3 Å². The van der Waals surface area contributed by atoms with Gasteiger partial charge in [-0.25, -0.2) is 9.48 Å². The average molecular weight is 465 g/mol. The number of unbranched alkanes of at least 4 members (excludes halogenated alkanes) is 1. The quantitative estimate of drug-likeness (QED) is 0.472. The zero-order chi connectivity index (χ0) is 24.8. The molecule has 0 saturated heterocycles. The van der Waals surface area contributed by atoms with Crippen LogP contribution < -0.4 is 21.9 Å². The number of nitrogen functional groups attached to an aromatic ring is 1. The number of carbonyl (C=O) groups excluding carboxylic acids is 1. The lowest BCUT2D eigenvalue weighted by atomic mass is 10.1. The highest BCUT2D eigenvalue weighted by Crippen LogP contribution is 2.21. The summed E-state index contributed by atoms with van der Waals surface area (Å²) in [6, 6.07) is 9.74. The van der Waals surface area contributed by atoms with Gasteiger partial charge in [0.1, 0.15) is 5.82 Å². The first-order valence-corrected chi connectivity index (χ1v) is 11.5. The highest BCUT2D eigenvalue weighted by atomic mass is 16.2. The van der Waals surface area contributed by atoms with Crippen molar-refractivity contribution in [3.63, 3.8) is 0 Å². The number of carbonyl (C=O) groups is 1. The number of hydrogen-bond acceptors (Lipinski definition) is 5. The summed E-state index contributed by atoms with van der Waals surface area (Å²) in [6.07, 6.45) is 5.32. The summed E-state index contributed by atoms with van der Waals surface area (Å²) in [5.41, 5.74) is 8.40. The van der Waals surface area contributed by atoms with Crippen LogP contribution in [0, 0.1) is 13.8 Å². The van der Waals surface area contributed by atoms with Crippen LogP contribution in [-0.4, -0.2) is 31.8 Å². The summed E-state index contributed by atoms with van der Waals surface area (Å²) in [6.45, 7) is 8.37. The molecule has 0 fully saturated rings. The van der Waals surface area contributed by atoms with Crippen LogP contribution in [0.1, 0.15) is 50.1 Å². The van der Waals surface area contributed by atoms with Crippen molar-refractivity contribution in [2.75, 3.05) is 17.2 Å². The molecular weight excluding hydrogens is 432 g/mol. The van der Waals surface area contributed by atoms with E-state index in [1.54, 1.807) is 6.08 Å². The van der Waals surface area contributed by atoms with Gasteiger partial charge in [0.2, 0.25) is 0 Å². The minimum atomic E-state index is -0.672. The number of aromatic nitrogens is 4. The monoisotopic (exact) mass is 464 g/mol. The predicted molar refractivity (Wildman–Crippen MR) is 135 cm³/mol. The molecule has 0 aliphatic rings. The maximum atomic E-state index is 13.2. The number of H-pyrrole nitrogens is 1. The molecule has 3 rings (SSSR count). The van der Waals surface area contributed by atoms with E-state index in [1.165, 1.54) is 15.5 Å². The minimum Gasteiger partial charge on any atom is -0.383 e. The molecule has 0 saturated carbocycles. The average Bonchev–Trinajstić information content (AvgIpc) is 3.10. The Balaban J connectivity index is 1.98. The molecule has 0 bridgehead atoms. The van der Waals surface area contributed by atoms with Gasteiger partial charge in [-0.15, -0.1) is 0 Å². The van der Waals surface area contributed by atoms with Crippen molar-refractivity contribution < 1.29 is 4.79 Å². The van der Waals surface area contributed by atoms with E-state index in [1.807, 2.05) is 62.7 Å². The highest BCUT2D eigenvalue weighted by molar-refractivity contribution is 6.05. The van der Waals surface area contributed by atoms with Gasteiger partial charge in [0.15, 0.2) is 5.69 Å². The summed E-state index contributed by atoms with van der Waals surface area (Å²) >= 11 is 0. The molecule has 0 aliphatic carbocycles. The maximum absolute atomic E-state index is 13.2. The van der Waals surface area contributed by atoms with E-state index in [0.29, 0.717) is 13.0 Å². The Morgan fingerprint density at radius 1 is 1.15 bits per heavy atom. The molecule has 1 amide bonds. The van der Waals surface area contributed by atoms with Gasteiger partial charge in [0.25, 0.3) is 11.5 Å². The number of nitrogens with two attached hydrogens (primary N) is 1. The first-order chi connectivity index (χ1) is 16.3. The number of rotatable bonds is 9. The van der Waals surface area contributed by atoms with E-state index in [4.69, 9.17) is 5.73 Å². The molecule has 180 valence electrons. The molecule has 2 aromatic heterocycles. The largest absolute Gasteiger partial charge is 0.383 e. The van der Waals surface area contributed by atoms with Gasteiger partial charge in [0, 0.05) is 30.4 Å². The molecule has 9 heteroatoms. The Bertz CT molecular complexity index is 1300.